The van der Waals surface area contributed by atoms with Crippen molar-refractivity contribution in [3.05, 3.63) is 18.3 Å². The van der Waals surface area contributed by atoms with Crippen LogP contribution in [0.4, 0.5) is 5.69 Å². The van der Waals surface area contributed by atoms with Gasteiger partial charge < -0.3 is 14.8 Å². The van der Waals surface area contributed by atoms with Crippen LogP contribution in [-0.4, -0.2) is 30.7 Å². The van der Waals surface area contributed by atoms with Crippen LogP contribution in [0.3, 0.4) is 0 Å². The van der Waals surface area contributed by atoms with Crippen LogP contribution in [0, 0.1) is 5.92 Å². The van der Waals surface area contributed by atoms with Crippen molar-refractivity contribution < 1.29 is 14.3 Å². The molecule has 2 atom stereocenters. The van der Waals surface area contributed by atoms with E-state index in [1.807, 2.05) is 0 Å². The van der Waals surface area contributed by atoms with Gasteiger partial charge in [0.15, 0.2) is 0 Å². The molecule has 2 rings (SSSR count). The molecule has 1 heterocycles. The molecule has 1 saturated carbocycles. The van der Waals surface area contributed by atoms with Gasteiger partial charge >= 0.3 is 0 Å². The second kappa shape index (κ2) is 6.22. The molecule has 0 bridgehead atoms. The van der Waals surface area contributed by atoms with E-state index in [0.29, 0.717) is 17.5 Å². The number of ether oxygens (including phenoxy) is 2. The van der Waals surface area contributed by atoms with Gasteiger partial charge in [0.25, 0.3) is 5.91 Å². The van der Waals surface area contributed by atoms with E-state index < -0.39 is 5.60 Å². The highest BCUT2D eigenvalue weighted by molar-refractivity contribution is 5.97. The molecule has 0 aromatic carbocycles. The summed E-state index contributed by atoms with van der Waals surface area (Å²) in [4.78, 5) is 16.6. The molecule has 1 aliphatic rings. The number of carbonyl (C=O) groups is 1. The monoisotopic (exact) mass is 278 g/mol. The van der Waals surface area contributed by atoms with Crippen LogP contribution in [0.15, 0.2) is 18.3 Å². The summed E-state index contributed by atoms with van der Waals surface area (Å²) in [5.74, 6) is 0.942. The summed E-state index contributed by atoms with van der Waals surface area (Å²) in [5, 5.41) is 2.89. The number of aromatic nitrogens is 1. The van der Waals surface area contributed by atoms with E-state index in [9.17, 15) is 4.79 Å². The van der Waals surface area contributed by atoms with Crippen LogP contribution < -0.4 is 10.1 Å². The fourth-order valence-electron chi connectivity index (χ4n) is 2.81. The molecule has 1 aromatic rings. The molecular formula is C15H22N2O3. The Kier molecular flexibility index (Phi) is 4.60. The lowest BCUT2D eigenvalue weighted by atomic mass is 9.78. The summed E-state index contributed by atoms with van der Waals surface area (Å²) in [5.41, 5.74) is -0.0529. The fourth-order valence-corrected chi connectivity index (χ4v) is 2.81. The second-order valence-electron chi connectivity index (χ2n) is 5.44. The Morgan fingerprint density at radius 3 is 2.80 bits per heavy atom. The van der Waals surface area contributed by atoms with E-state index in [2.05, 4.69) is 17.2 Å². The lowest BCUT2D eigenvalue weighted by molar-refractivity contribution is -0.143. The topological polar surface area (TPSA) is 60.5 Å². The van der Waals surface area contributed by atoms with Gasteiger partial charge in [-0.2, -0.15) is 0 Å². The molecule has 1 aliphatic carbocycles. The Bertz CT molecular complexity index is 461. The van der Waals surface area contributed by atoms with Crippen molar-refractivity contribution in [2.45, 2.75) is 38.2 Å². The number of nitrogens with zero attached hydrogens (tertiary/aromatic N) is 1. The van der Waals surface area contributed by atoms with Gasteiger partial charge in [0, 0.05) is 13.2 Å². The SMILES string of the molecule is COc1ccc(NC(=O)[C@@]2(OC)CCC[C@H](C)C2)cn1. The maximum Gasteiger partial charge on any atom is 0.256 e. The van der Waals surface area contributed by atoms with E-state index in [0.717, 1.165) is 25.7 Å². The van der Waals surface area contributed by atoms with Crippen LogP contribution in [0.25, 0.3) is 0 Å². The number of carbonyl (C=O) groups excluding carboxylic acids is 1. The largest absolute Gasteiger partial charge is 0.481 e. The van der Waals surface area contributed by atoms with Gasteiger partial charge in [0.05, 0.1) is 19.0 Å². The Hall–Kier alpha value is -1.62. The van der Waals surface area contributed by atoms with Crippen LogP contribution in [0.2, 0.25) is 0 Å². The molecule has 1 N–H and O–H groups in total. The van der Waals surface area contributed by atoms with Crippen molar-refractivity contribution in [1.82, 2.24) is 4.98 Å². The van der Waals surface area contributed by atoms with Gasteiger partial charge in [0.2, 0.25) is 5.88 Å². The predicted molar refractivity (Wildman–Crippen MR) is 76.8 cm³/mol. The highest BCUT2D eigenvalue weighted by atomic mass is 16.5. The van der Waals surface area contributed by atoms with E-state index in [-0.39, 0.29) is 5.91 Å². The van der Waals surface area contributed by atoms with Crippen LogP contribution in [0.5, 0.6) is 5.88 Å². The number of hydrogen-bond acceptors (Lipinski definition) is 4. The quantitative estimate of drug-likeness (QED) is 0.919. The molecule has 5 nitrogen and oxygen atoms in total. The standard InChI is InChI=1S/C15H22N2O3/c1-11-5-4-8-15(9-11,20-3)14(18)17-12-6-7-13(19-2)16-10-12/h6-7,10-11H,4-5,8-9H2,1-3H3,(H,17,18)/t11-,15+/m0/s1. The predicted octanol–water partition coefficient (Wildman–Crippen LogP) is 2.62. The lowest BCUT2D eigenvalue weighted by Gasteiger charge is -2.37. The molecule has 0 radical (unpaired) electrons. The molecule has 1 fully saturated rings. The molecule has 1 amide bonds. The lowest BCUT2D eigenvalue weighted by Crippen LogP contribution is -2.47. The minimum Gasteiger partial charge on any atom is -0.481 e. The first-order chi connectivity index (χ1) is 9.59. The van der Waals surface area contributed by atoms with Gasteiger partial charge in [0.1, 0.15) is 5.60 Å². The maximum absolute atomic E-state index is 12.5. The average molecular weight is 278 g/mol. The number of hydrogen-bond donors (Lipinski definition) is 1. The number of nitrogens with one attached hydrogen (secondary N) is 1. The summed E-state index contributed by atoms with van der Waals surface area (Å²) >= 11 is 0. The summed E-state index contributed by atoms with van der Waals surface area (Å²) in [7, 11) is 3.17. The first-order valence-electron chi connectivity index (χ1n) is 6.96. The summed E-state index contributed by atoms with van der Waals surface area (Å²) in [6.45, 7) is 2.16. The van der Waals surface area contributed by atoms with Crippen molar-refractivity contribution >= 4 is 11.6 Å². The Morgan fingerprint density at radius 1 is 1.45 bits per heavy atom. The molecule has 5 heteroatoms. The third-order valence-corrected chi connectivity index (χ3v) is 3.96. The highest BCUT2D eigenvalue weighted by Gasteiger charge is 2.41. The third kappa shape index (κ3) is 3.10. The average Bonchev–Trinajstić information content (AvgIpc) is 2.47. The van der Waals surface area contributed by atoms with Gasteiger partial charge in [-0.1, -0.05) is 13.3 Å². The number of anilines is 1. The van der Waals surface area contributed by atoms with E-state index in [4.69, 9.17) is 9.47 Å². The first kappa shape index (κ1) is 14.8. The van der Waals surface area contributed by atoms with Crippen molar-refractivity contribution in [1.29, 1.82) is 0 Å². The zero-order valence-electron chi connectivity index (χ0n) is 12.3. The Morgan fingerprint density at radius 2 is 2.25 bits per heavy atom. The van der Waals surface area contributed by atoms with Crippen molar-refractivity contribution in [3.63, 3.8) is 0 Å². The number of methoxy groups -OCH3 is 2. The van der Waals surface area contributed by atoms with Crippen LogP contribution >= 0.6 is 0 Å². The number of amides is 1. The summed E-state index contributed by atoms with van der Waals surface area (Å²) < 4.78 is 10.6. The molecule has 0 aliphatic heterocycles. The van der Waals surface area contributed by atoms with Gasteiger partial charge in [-0.3, -0.25) is 4.79 Å². The zero-order valence-corrected chi connectivity index (χ0v) is 12.3. The molecule has 0 spiro atoms. The summed E-state index contributed by atoms with van der Waals surface area (Å²) in [6.07, 6.45) is 5.29. The van der Waals surface area contributed by atoms with E-state index in [1.54, 1.807) is 32.5 Å². The molecule has 20 heavy (non-hydrogen) atoms. The normalized spacial score (nSPS) is 26.1. The van der Waals surface area contributed by atoms with E-state index >= 15 is 0 Å². The van der Waals surface area contributed by atoms with Gasteiger partial charge in [-0.15, -0.1) is 0 Å². The molecule has 0 saturated heterocycles. The van der Waals surface area contributed by atoms with Crippen molar-refractivity contribution in [2.24, 2.45) is 5.92 Å². The molecular weight excluding hydrogens is 256 g/mol. The fraction of sp³-hybridized carbons (Fsp3) is 0.600. The number of pyridine rings is 1. The molecule has 110 valence electrons. The van der Waals surface area contributed by atoms with Crippen LogP contribution in [-0.2, 0) is 9.53 Å². The number of rotatable bonds is 4. The second-order valence-corrected chi connectivity index (χ2v) is 5.44. The smallest absolute Gasteiger partial charge is 0.256 e. The first-order valence-corrected chi connectivity index (χ1v) is 6.96. The Balaban J connectivity index is 2.08. The van der Waals surface area contributed by atoms with Crippen molar-refractivity contribution in [3.8, 4) is 5.88 Å². The Labute approximate surface area is 119 Å². The summed E-state index contributed by atoms with van der Waals surface area (Å²) in [6, 6.07) is 3.50. The van der Waals surface area contributed by atoms with Gasteiger partial charge in [-0.25, -0.2) is 4.98 Å². The maximum atomic E-state index is 12.5. The highest BCUT2D eigenvalue weighted by Crippen LogP contribution is 2.35. The third-order valence-electron chi connectivity index (χ3n) is 3.96. The molecule has 1 aromatic heterocycles. The molecule has 0 unspecified atom stereocenters. The zero-order chi connectivity index (χ0) is 14.6. The van der Waals surface area contributed by atoms with Crippen molar-refractivity contribution in [2.75, 3.05) is 19.5 Å². The minimum atomic E-state index is -0.711. The van der Waals surface area contributed by atoms with Gasteiger partial charge in [-0.05, 0) is 31.2 Å². The van der Waals surface area contributed by atoms with E-state index in [1.165, 1.54) is 0 Å². The van der Waals surface area contributed by atoms with Crippen LogP contribution in [0.1, 0.15) is 32.6 Å². The minimum absolute atomic E-state index is 0.0847.